The Morgan fingerprint density at radius 3 is 2.62 bits per heavy atom. The van der Waals surface area contributed by atoms with Crippen LogP contribution in [0.2, 0.25) is 0 Å². The lowest BCUT2D eigenvalue weighted by Gasteiger charge is -2.12. The number of carboxylic acid groups (broad SMARTS) is 1. The third-order valence-electron chi connectivity index (χ3n) is 2.16. The van der Waals surface area contributed by atoms with Gasteiger partial charge in [0.1, 0.15) is 5.56 Å². The number of hydrogen-bond donors (Lipinski definition) is 1. The molecule has 1 unspecified atom stereocenters. The SMILES string of the molecule is C#CC(C)Oc1nnc(C)c(C)c1C(=O)O. The van der Waals surface area contributed by atoms with Crippen LogP contribution >= 0.6 is 0 Å². The summed E-state index contributed by atoms with van der Waals surface area (Å²) in [4.78, 5) is 11.1. The Balaban J connectivity index is 3.25. The molecule has 0 aliphatic rings. The average molecular weight is 220 g/mol. The second-order valence-corrected chi connectivity index (χ2v) is 3.32. The molecular weight excluding hydrogens is 208 g/mol. The molecule has 0 spiro atoms. The van der Waals surface area contributed by atoms with Crippen LogP contribution in [-0.4, -0.2) is 27.4 Å². The second-order valence-electron chi connectivity index (χ2n) is 3.32. The van der Waals surface area contributed by atoms with Crippen molar-refractivity contribution in [2.45, 2.75) is 26.9 Å². The van der Waals surface area contributed by atoms with Crippen LogP contribution in [0.4, 0.5) is 0 Å². The van der Waals surface area contributed by atoms with E-state index < -0.39 is 12.1 Å². The van der Waals surface area contributed by atoms with Gasteiger partial charge in [-0.3, -0.25) is 0 Å². The number of terminal acetylenes is 1. The Labute approximate surface area is 93.5 Å². The number of aromatic nitrogens is 2. The largest absolute Gasteiger partial charge is 0.477 e. The van der Waals surface area contributed by atoms with Crippen molar-refractivity contribution in [3.8, 4) is 18.2 Å². The first-order valence-electron chi connectivity index (χ1n) is 4.67. The van der Waals surface area contributed by atoms with Crippen LogP contribution in [0.1, 0.15) is 28.5 Å². The number of carboxylic acids is 1. The molecule has 0 bridgehead atoms. The molecule has 1 rings (SSSR count). The van der Waals surface area contributed by atoms with Gasteiger partial charge in [-0.1, -0.05) is 5.92 Å². The number of carbonyl (C=O) groups is 1. The first-order chi connectivity index (χ1) is 7.47. The predicted octanol–water partition coefficient (Wildman–Crippen LogP) is 1.19. The summed E-state index contributed by atoms with van der Waals surface area (Å²) in [5.41, 5.74) is 1.09. The highest BCUT2D eigenvalue weighted by Gasteiger charge is 2.19. The number of aryl methyl sites for hydroxylation is 1. The minimum absolute atomic E-state index is 0.00889. The molecule has 1 heterocycles. The van der Waals surface area contributed by atoms with Gasteiger partial charge in [0.25, 0.3) is 0 Å². The number of rotatable bonds is 3. The van der Waals surface area contributed by atoms with Gasteiger partial charge in [0, 0.05) is 0 Å². The molecule has 84 valence electrons. The molecular formula is C11H12N2O3. The summed E-state index contributed by atoms with van der Waals surface area (Å²) in [6, 6.07) is 0. The number of aromatic carboxylic acids is 1. The predicted molar refractivity (Wildman–Crippen MR) is 57.4 cm³/mol. The molecule has 0 saturated heterocycles. The topological polar surface area (TPSA) is 72.3 Å². The zero-order valence-corrected chi connectivity index (χ0v) is 9.31. The summed E-state index contributed by atoms with van der Waals surface area (Å²) >= 11 is 0. The molecule has 0 saturated carbocycles. The third kappa shape index (κ3) is 2.28. The van der Waals surface area contributed by atoms with Crippen LogP contribution in [0.5, 0.6) is 5.88 Å². The van der Waals surface area contributed by atoms with E-state index in [2.05, 4.69) is 16.1 Å². The number of nitrogens with zero attached hydrogens (tertiary/aromatic N) is 2. The lowest BCUT2D eigenvalue weighted by molar-refractivity contribution is 0.0688. The highest BCUT2D eigenvalue weighted by atomic mass is 16.5. The third-order valence-corrected chi connectivity index (χ3v) is 2.16. The van der Waals surface area contributed by atoms with Crippen molar-refractivity contribution >= 4 is 5.97 Å². The maximum Gasteiger partial charge on any atom is 0.341 e. The van der Waals surface area contributed by atoms with Crippen LogP contribution in [0.15, 0.2) is 0 Å². The Morgan fingerprint density at radius 1 is 1.50 bits per heavy atom. The van der Waals surface area contributed by atoms with Gasteiger partial charge in [0.2, 0.25) is 5.88 Å². The van der Waals surface area contributed by atoms with Crippen LogP contribution in [0.3, 0.4) is 0 Å². The average Bonchev–Trinajstić information content (AvgIpc) is 2.23. The molecule has 0 radical (unpaired) electrons. The quantitative estimate of drug-likeness (QED) is 0.775. The molecule has 1 N–H and O–H groups in total. The van der Waals surface area contributed by atoms with E-state index in [1.807, 2.05) is 0 Å². The second kappa shape index (κ2) is 4.62. The molecule has 1 aromatic heterocycles. The van der Waals surface area contributed by atoms with Crippen molar-refractivity contribution in [1.82, 2.24) is 10.2 Å². The van der Waals surface area contributed by atoms with Gasteiger partial charge in [-0.15, -0.1) is 11.5 Å². The first-order valence-corrected chi connectivity index (χ1v) is 4.67. The lowest BCUT2D eigenvalue weighted by atomic mass is 10.1. The molecule has 5 heteroatoms. The van der Waals surface area contributed by atoms with Crippen LogP contribution in [0, 0.1) is 26.2 Å². The van der Waals surface area contributed by atoms with E-state index in [1.54, 1.807) is 20.8 Å². The van der Waals surface area contributed by atoms with Gasteiger partial charge in [-0.25, -0.2) is 4.79 Å². The number of ether oxygens (including phenoxy) is 1. The normalized spacial score (nSPS) is 11.6. The summed E-state index contributed by atoms with van der Waals surface area (Å²) in [6.07, 6.45) is 4.60. The lowest BCUT2D eigenvalue weighted by Crippen LogP contribution is -2.15. The highest BCUT2D eigenvalue weighted by molar-refractivity contribution is 5.92. The van der Waals surface area contributed by atoms with E-state index in [-0.39, 0.29) is 11.4 Å². The van der Waals surface area contributed by atoms with Gasteiger partial charge < -0.3 is 9.84 Å². The van der Waals surface area contributed by atoms with E-state index in [4.69, 9.17) is 16.3 Å². The molecule has 1 atom stereocenters. The zero-order valence-electron chi connectivity index (χ0n) is 9.31. The van der Waals surface area contributed by atoms with E-state index in [1.165, 1.54) is 0 Å². The Morgan fingerprint density at radius 2 is 2.12 bits per heavy atom. The molecule has 0 aliphatic carbocycles. The van der Waals surface area contributed by atoms with Crippen molar-refractivity contribution in [2.75, 3.05) is 0 Å². The fraction of sp³-hybridized carbons (Fsp3) is 0.364. The first kappa shape index (κ1) is 12.0. The maximum atomic E-state index is 11.1. The van der Waals surface area contributed by atoms with Gasteiger partial charge in [0.05, 0.1) is 5.69 Å². The van der Waals surface area contributed by atoms with Crippen molar-refractivity contribution in [3.05, 3.63) is 16.8 Å². The molecule has 0 aromatic carbocycles. The molecule has 0 amide bonds. The smallest absolute Gasteiger partial charge is 0.341 e. The van der Waals surface area contributed by atoms with Crippen LogP contribution < -0.4 is 4.74 Å². The van der Waals surface area contributed by atoms with E-state index >= 15 is 0 Å². The summed E-state index contributed by atoms with van der Waals surface area (Å²) < 4.78 is 5.20. The summed E-state index contributed by atoms with van der Waals surface area (Å²) in [5, 5.41) is 16.6. The Kier molecular flexibility index (Phi) is 3.46. The van der Waals surface area contributed by atoms with Gasteiger partial charge in [-0.05, 0) is 26.3 Å². The zero-order chi connectivity index (χ0) is 12.3. The Hall–Kier alpha value is -2.09. The minimum atomic E-state index is -1.10. The molecule has 16 heavy (non-hydrogen) atoms. The van der Waals surface area contributed by atoms with Crippen LogP contribution in [-0.2, 0) is 0 Å². The van der Waals surface area contributed by atoms with Crippen molar-refractivity contribution in [1.29, 1.82) is 0 Å². The number of hydrogen-bond acceptors (Lipinski definition) is 4. The highest BCUT2D eigenvalue weighted by Crippen LogP contribution is 2.21. The fourth-order valence-corrected chi connectivity index (χ4v) is 1.12. The molecule has 1 aromatic rings. The molecule has 5 nitrogen and oxygen atoms in total. The van der Waals surface area contributed by atoms with Crippen LogP contribution in [0.25, 0.3) is 0 Å². The van der Waals surface area contributed by atoms with Gasteiger partial charge in [0.15, 0.2) is 6.10 Å². The fourth-order valence-electron chi connectivity index (χ4n) is 1.12. The van der Waals surface area contributed by atoms with E-state index in [0.29, 0.717) is 11.3 Å². The van der Waals surface area contributed by atoms with E-state index in [0.717, 1.165) is 0 Å². The minimum Gasteiger partial charge on any atom is -0.477 e. The van der Waals surface area contributed by atoms with Crippen molar-refractivity contribution < 1.29 is 14.6 Å². The summed E-state index contributed by atoms with van der Waals surface area (Å²) in [7, 11) is 0. The van der Waals surface area contributed by atoms with Gasteiger partial charge >= 0.3 is 5.97 Å². The maximum absolute atomic E-state index is 11.1. The standard InChI is InChI=1S/C11H12N2O3/c1-5-6(2)16-10-9(11(14)15)7(3)8(4)12-13-10/h1,6H,2-4H3,(H,14,15). The molecule has 0 aliphatic heterocycles. The van der Waals surface area contributed by atoms with Crippen molar-refractivity contribution in [3.63, 3.8) is 0 Å². The summed E-state index contributed by atoms with van der Waals surface area (Å²) in [6.45, 7) is 4.96. The monoisotopic (exact) mass is 220 g/mol. The van der Waals surface area contributed by atoms with Crippen molar-refractivity contribution in [2.24, 2.45) is 0 Å². The van der Waals surface area contributed by atoms with E-state index in [9.17, 15) is 4.79 Å². The molecule has 0 fully saturated rings. The Bertz CT molecular complexity index is 463. The van der Waals surface area contributed by atoms with Gasteiger partial charge in [-0.2, -0.15) is 5.10 Å². The summed E-state index contributed by atoms with van der Waals surface area (Å²) in [5.74, 6) is 1.19.